The lowest BCUT2D eigenvalue weighted by molar-refractivity contribution is -0.143. The van der Waals surface area contributed by atoms with Crippen LogP contribution in [0.4, 0.5) is 0 Å². The molecule has 2 unspecified atom stereocenters. The second-order valence-electron chi connectivity index (χ2n) is 22.5. The van der Waals surface area contributed by atoms with Gasteiger partial charge in [0.05, 0.1) is 25.4 Å². The maximum Gasteiger partial charge on any atom is 0.305 e. The molecule has 0 fully saturated rings. The number of aliphatic hydroxyl groups excluding tert-OH is 2. The van der Waals surface area contributed by atoms with Gasteiger partial charge in [-0.25, -0.2) is 0 Å². The molecule has 0 saturated carbocycles. The number of esters is 1. The van der Waals surface area contributed by atoms with Crippen LogP contribution in [-0.2, 0) is 14.3 Å². The Balaban J connectivity index is 3.48. The Labute approximate surface area is 455 Å². The number of aliphatic hydroxyl groups is 2. The number of allylic oxidation sites excluding steroid dienone is 5. The maximum absolute atomic E-state index is 12.5. The van der Waals surface area contributed by atoms with Crippen molar-refractivity contribution in [2.45, 2.75) is 366 Å². The van der Waals surface area contributed by atoms with Crippen LogP contribution in [0.15, 0.2) is 36.5 Å². The maximum atomic E-state index is 12.5. The van der Waals surface area contributed by atoms with Crippen molar-refractivity contribution in [3.63, 3.8) is 0 Å². The normalized spacial score (nSPS) is 12.8. The fourth-order valence-corrected chi connectivity index (χ4v) is 10.1. The van der Waals surface area contributed by atoms with Gasteiger partial charge in [0.25, 0.3) is 0 Å². The monoisotopic (exact) mass is 1030 g/mol. The van der Waals surface area contributed by atoms with Crippen LogP contribution in [0.1, 0.15) is 354 Å². The number of hydrogen-bond donors (Lipinski definition) is 3. The molecule has 0 aliphatic rings. The summed E-state index contributed by atoms with van der Waals surface area (Å²) in [7, 11) is 0. The van der Waals surface area contributed by atoms with E-state index in [4.69, 9.17) is 4.74 Å². The predicted molar refractivity (Wildman–Crippen MR) is 319 cm³/mol. The molecule has 1 amide bonds. The molecule has 0 spiro atoms. The zero-order valence-electron chi connectivity index (χ0n) is 49.1. The predicted octanol–water partition coefficient (Wildman–Crippen LogP) is 20.8. The average Bonchev–Trinajstić information content (AvgIpc) is 3.39. The van der Waals surface area contributed by atoms with Crippen molar-refractivity contribution in [2.24, 2.45) is 0 Å². The summed E-state index contributed by atoms with van der Waals surface area (Å²) >= 11 is 0. The summed E-state index contributed by atoms with van der Waals surface area (Å²) in [4.78, 5) is 24.5. The summed E-state index contributed by atoms with van der Waals surface area (Å²) < 4.78 is 5.46. The number of carbonyl (C=O) groups is 2. The van der Waals surface area contributed by atoms with Gasteiger partial charge >= 0.3 is 5.97 Å². The van der Waals surface area contributed by atoms with E-state index in [2.05, 4.69) is 43.5 Å². The minimum atomic E-state index is -0.852. The van der Waals surface area contributed by atoms with Crippen molar-refractivity contribution in [1.82, 2.24) is 5.32 Å². The van der Waals surface area contributed by atoms with Gasteiger partial charge in [0.2, 0.25) is 5.91 Å². The molecule has 0 bridgehead atoms. The number of rotatable bonds is 61. The van der Waals surface area contributed by atoms with Gasteiger partial charge in [-0.15, -0.1) is 0 Å². The van der Waals surface area contributed by atoms with Gasteiger partial charge in [-0.2, -0.15) is 0 Å². The number of amides is 1. The standard InChI is InChI=1S/C67H127NO5/c1-3-5-7-9-11-13-15-16-17-18-19-20-24-27-30-33-36-40-43-47-51-55-59-65(70)64(63-69)68-66(71)60-56-52-48-44-41-37-34-31-28-25-22-21-23-26-29-32-35-38-42-46-50-54-58-62-73-67(72)61-57-53-49-45-39-14-12-10-8-6-4-2/h21,23,25,28,55,59,64-65,69-70H,3-20,22,24,26-27,29-54,56-58,60-63H2,1-2H3,(H,68,71)/b23-21-,28-25-,59-55+. The van der Waals surface area contributed by atoms with Crippen LogP contribution in [-0.4, -0.2) is 47.4 Å². The smallest absolute Gasteiger partial charge is 0.305 e. The number of ether oxygens (including phenoxy) is 1. The van der Waals surface area contributed by atoms with E-state index in [1.165, 1.54) is 270 Å². The molecular formula is C67H127NO5. The molecule has 0 aromatic rings. The molecule has 0 aromatic carbocycles. The first-order valence-electron chi connectivity index (χ1n) is 32.8. The molecule has 3 N–H and O–H groups in total. The Kier molecular flexibility index (Phi) is 61.0. The number of carbonyl (C=O) groups excluding carboxylic acids is 2. The Morgan fingerprint density at radius 1 is 0.384 bits per heavy atom. The molecule has 0 saturated heterocycles. The van der Waals surface area contributed by atoms with Gasteiger partial charge in [-0.05, 0) is 64.2 Å². The third-order valence-corrected chi connectivity index (χ3v) is 15.2. The first-order valence-corrected chi connectivity index (χ1v) is 32.8. The second kappa shape index (κ2) is 62.6. The zero-order chi connectivity index (χ0) is 52.9. The van der Waals surface area contributed by atoms with Crippen LogP contribution in [0.3, 0.4) is 0 Å². The van der Waals surface area contributed by atoms with Crippen LogP contribution in [0.5, 0.6) is 0 Å². The molecule has 0 heterocycles. The molecule has 6 heteroatoms. The lowest BCUT2D eigenvalue weighted by Crippen LogP contribution is -2.45. The van der Waals surface area contributed by atoms with E-state index >= 15 is 0 Å². The largest absolute Gasteiger partial charge is 0.466 e. The number of hydrogen-bond acceptors (Lipinski definition) is 5. The van der Waals surface area contributed by atoms with Gasteiger partial charge < -0.3 is 20.3 Å². The van der Waals surface area contributed by atoms with E-state index in [1.54, 1.807) is 6.08 Å². The molecule has 0 aliphatic heterocycles. The Bertz CT molecular complexity index is 1180. The van der Waals surface area contributed by atoms with Crippen molar-refractivity contribution >= 4 is 11.9 Å². The summed E-state index contributed by atoms with van der Waals surface area (Å²) in [5, 5.41) is 23.2. The highest BCUT2D eigenvalue weighted by atomic mass is 16.5. The summed E-state index contributed by atoms with van der Waals surface area (Å²) in [6, 6.07) is -0.637. The van der Waals surface area contributed by atoms with Crippen molar-refractivity contribution in [3.8, 4) is 0 Å². The quantitative estimate of drug-likeness (QED) is 0.0320. The zero-order valence-corrected chi connectivity index (χ0v) is 49.1. The third-order valence-electron chi connectivity index (χ3n) is 15.2. The molecule has 430 valence electrons. The number of unbranched alkanes of at least 4 members (excludes halogenated alkanes) is 46. The molecule has 73 heavy (non-hydrogen) atoms. The van der Waals surface area contributed by atoms with Gasteiger partial charge in [0, 0.05) is 12.8 Å². The summed E-state index contributed by atoms with van der Waals surface area (Å²) in [6.07, 6.45) is 79.1. The highest BCUT2D eigenvalue weighted by Crippen LogP contribution is 2.18. The summed E-state index contributed by atoms with van der Waals surface area (Å²) in [5.74, 6) is -0.0689. The topological polar surface area (TPSA) is 95.9 Å². The highest BCUT2D eigenvalue weighted by molar-refractivity contribution is 5.76. The minimum Gasteiger partial charge on any atom is -0.466 e. The van der Waals surface area contributed by atoms with E-state index in [1.807, 2.05) is 6.08 Å². The van der Waals surface area contributed by atoms with E-state index in [0.717, 1.165) is 57.8 Å². The molecule has 0 rings (SSSR count). The van der Waals surface area contributed by atoms with Crippen molar-refractivity contribution in [1.29, 1.82) is 0 Å². The molecule has 2 atom stereocenters. The van der Waals surface area contributed by atoms with Crippen molar-refractivity contribution in [3.05, 3.63) is 36.5 Å². The summed E-state index contributed by atoms with van der Waals surface area (Å²) in [5.41, 5.74) is 0. The van der Waals surface area contributed by atoms with Gasteiger partial charge in [-0.1, -0.05) is 314 Å². The molecule has 0 aliphatic carbocycles. The van der Waals surface area contributed by atoms with Crippen LogP contribution in [0, 0.1) is 0 Å². The lowest BCUT2D eigenvalue weighted by atomic mass is 10.0. The first kappa shape index (κ1) is 71.1. The SMILES string of the molecule is CCCCCCCCCCCCCCCCCCCCCC/C=C/C(O)C(CO)NC(=O)CCCCCCCCC/C=C\C/C=C\CCCCCCCCCCCOC(=O)CCCCCCCCCCCCC. The molecule has 6 nitrogen and oxygen atoms in total. The number of nitrogens with one attached hydrogen (secondary N) is 1. The molecule has 0 radical (unpaired) electrons. The van der Waals surface area contributed by atoms with E-state index < -0.39 is 12.1 Å². The summed E-state index contributed by atoms with van der Waals surface area (Å²) in [6.45, 7) is 4.92. The lowest BCUT2D eigenvalue weighted by Gasteiger charge is -2.20. The Morgan fingerprint density at radius 3 is 1.04 bits per heavy atom. The minimum absolute atomic E-state index is 0.00643. The van der Waals surface area contributed by atoms with Crippen LogP contribution < -0.4 is 5.32 Å². The third kappa shape index (κ3) is 59.2. The van der Waals surface area contributed by atoms with Crippen LogP contribution in [0.25, 0.3) is 0 Å². The Morgan fingerprint density at radius 2 is 0.685 bits per heavy atom. The van der Waals surface area contributed by atoms with Gasteiger partial charge in [0.1, 0.15) is 0 Å². The molecule has 0 aromatic heterocycles. The first-order chi connectivity index (χ1) is 36.0. The van der Waals surface area contributed by atoms with E-state index in [-0.39, 0.29) is 18.5 Å². The van der Waals surface area contributed by atoms with Crippen molar-refractivity contribution < 1.29 is 24.5 Å². The average molecular weight is 1030 g/mol. The van der Waals surface area contributed by atoms with E-state index in [9.17, 15) is 19.8 Å². The fraction of sp³-hybridized carbons (Fsp3) is 0.881. The van der Waals surface area contributed by atoms with Gasteiger partial charge in [-0.3, -0.25) is 9.59 Å². The fourth-order valence-electron chi connectivity index (χ4n) is 10.1. The highest BCUT2D eigenvalue weighted by Gasteiger charge is 2.18. The van der Waals surface area contributed by atoms with Crippen LogP contribution >= 0.6 is 0 Å². The van der Waals surface area contributed by atoms with Crippen molar-refractivity contribution in [2.75, 3.05) is 13.2 Å². The van der Waals surface area contributed by atoms with Gasteiger partial charge in [0.15, 0.2) is 0 Å². The molecular weight excluding hydrogens is 899 g/mol. The Hall–Kier alpha value is -1.92. The van der Waals surface area contributed by atoms with Crippen LogP contribution in [0.2, 0.25) is 0 Å². The van der Waals surface area contributed by atoms with E-state index in [0.29, 0.717) is 19.4 Å². The second-order valence-corrected chi connectivity index (χ2v) is 22.5.